The van der Waals surface area contributed by atoms with Crippen LogP contribution >= 0.6 is 0 Å². The van der Waals surface area contributed by atoms with Gasteiger partial charge < -0.3 is 15.4 Å². The predicted octanol–water partition coefficient (Wildman–Crippen LogP) is 3.60. The van der Waals surface area contributed by atoms with Crippen molar-refractivity contribution in [3.63, 3.8) is 0 Å². The quantitative estimate of drug-likeness (QED) is 0.693. The number of hydrogen-bond donors (Lipinski definition) is 2. The fourth-order valence-electron chi connectivity index (χ4n) is 3.63. The van der Waals surface area contributed by atoms with E-state index < -0.39 is 11.4 Å². The van der Waals surface area contributed by atoms with Gasteiger partial charge in [0.2, 0.25) is 5.43 Å². The number of fused-ring (bicyclic) bond motifs is 1. The molecule has 1 saturated carbocycles. The lowest BCUT2D eigenvalue weighted by molar-refractivity contribution is 0.0695. The number of aryl methyl sites for hydroxylation is 3. The Morgan fingerprint density at radius 1 is 1.26 bits per heavy atom. The monoisotopic (exact) mass is 363 g/mol. The van der Waals surface area contributed by atoms with Crippen LogP contribution in [0.1, 0.15) is 46.1 Å². The summed E-state index contributed by atoms with van der Waals surface area (Å²) in [7, 11) is 0. The molecule has 6 nitrogen and oxygen atoms in total. The third-order valence-electron chi connectivity index (χ3n) is 5.40. The first kappa shape index (κ1) is 17.3. The molecule has 2 aromatic heterocycles. The van der Waals surface area contributed by atoms with Crippen LogP contribution in [0.5, 0.6) is 0 Å². The van der Waals surface area contributed by atoms with Crippen LogP contribution in [0.4, 0.5) is 5.69 Å². The summed E-state index contributed by atoms with van der Waals surface area (Å²) in [5.41, 5.74) is 11.3. The van der Waals surface area contributed by atoms with Gasteiger partial charge in [0.25, 0.3) is 0 Å². The molecule has 138 valence electrons. The third-order valence-corrected chi connectivity index (χ3v) is 5.40. The molecule has 1 aliphatic rings. The first-order valence-corrected chi connectivity index (χ1v) is 8.94. The Labute approximate surface area is 156 Å². The molecule has 0 amide bonds. The second-order valence-corrected chi connectivity index (χ2v) is 7.30. The molecule has 6 heteroatoms. The molecule has 1 fully saturated rings. The highest BCUT2D eigenvalue weighted by molar-refractivity contribution is 6.01. The molecular weight excluding hydrogens is 342 g/mol. The summed E-state index contributed by atoms with van der Waals surface area (Å²) in [5.74, 6) is -1.23. The average Bonchev–Trinajstić information content (AvgIpc) is 3.45. The Morgan fingerprint density at radius 3 is 2.56 bits per heavy atom. The number of aromatic nitrogens is 2. The fourth-order valence-corrected chi connectivity index (χ4v) is 3.63. The molecule has 2 heterocycles. The third kappa shape index (κ3) is 2.68. The Bertz CT molecular complexity index is 1170. The number of rotatable bonds is 3. The van der Waals surface area contributed by atoms with E-state index in [2.05, 4.69) is 11.1 Å². The minimum absolute atomic E-state index is 0.206. The number of nitrogens with zero attached hydrogens (tertiary/aromatic N) is 2. The number of carboxylic acids is 1. The van der Waals surface area contributed by atoms with E-state index in [0.717, 1.165) is 46.3 Å². The van der Waals surface area contributed by atoms with Crippen molar-refractivity contribution in [2.24, 2.45) is 0 Å². The SMILES string of the molecule is Cc1cc(-c2cc(N)c3c(=O)c(C(=O)O)cn(C4CC4)c3c2C)cnc1C. The van der Waals surface area contributed by atoms with Crippen molar-refractivity contribution in [2.75, 3.05) is 5.73 Å². The van der Waals surface area contributed by atoms with Crippen molar-refractivity contribution < 1.29 is 9.90 Å². The lowest BCUT2D eigenvalue weighted by Crippen LogP contribution is -2.20. The molecule has 0 saturated heterocycles. The van der Waals surface area contributed by atoms with Crippen molar-refractivity contribution in [1.82, 2.24) is 9.55 Å². The Kier molecular flexibility index (Phi) is 3.80. The van der Waals surface area contributed by atoms with Gasteiger partial charge in [-0.1, -0.05) is 0 Å². The smallest absolute Gasteiger partial charge is 0.341 e. The summed E-state index contributed by atoms with van der Waals surface area (Å²) in [6.07, 6.45) is 5.21. The standard InChI is InChI=1S/C21H21N3O3/c1-10-6-13(8-23-12(10)3)15-7-17(22)18-19(11(15)2)24(14-4-5-14)9-16(20(18)25)21(26)27/h6-9,14H,4-5,22H2,1-3H3,(H,26,27). The molecule has 0 aliphatic heterocycles. The number of benzene rings is 1. The number of nitrogen functional groups attached to an aromatic ring is 1. The Hall–Kier alpha value is -3.15. The summed E-state index contributed by atoms with van der Waals surface area (Å²) >= 11 is 0. The number of hydrogen-bond acceptors (Lipinski definition) is 4. The maximum absolute atomic E-state index is 12.8. The number of nitrogens with two attached hydrogens (primary N) is 1. The van der Waals surface area contributed by atoms with Crippen LogP contribution in [0, 0.1) is 20.8 Å². The predicted molar refractivity (Wildman–Crippen MR) is 105 cm³/mol. The number of pyridine rings is 2. The highest BCUT2D eigenvalue weighted by Gasteiger charge is 2.29. The second kappa shape index (κ2) is 5.94. The van der Waals surface area contributed by atoms with E-state index in [0.29, 0.717) is 11.1 Å². The van der Waals surface area contributed by atoms with Gasteiger partial charge in [-0.25, -0.2) is 4.79 Å². The summed E-state index contributed by atoms with van der Waals surface area (Å²) in [6, 6.07) is 4.02. The van der Waals surface area contributed by atoms with Crippen LogP contribution in [-0.2, 0) is 0 Å². The molecule has 4 rings (SSSR count). The molecule has 0 spiro atoms. The van der Waals surface area contributed by atoms with Gasteiger partial charge in [-0.2, -0.15) is 0 Å². The molecule has 27 heavy (non-hydrogen) atoms. The number of aromatic carboxylic acids is 1. The van der Waals surface area contributed by atoms with E-state index in [1.54, 1.807) is 12.3 Å². The van der Waals surface area contributed by atoms with Crippen molar-refractivity contribution in [3.05, 3.63) is 57.1 Å². The zero-order chi connectivity index (χ0) is 19.5. The molecule has 3 N–H and O–H groups in total. The molecule has 0 bridgehead atoms. The normalized spacial score (nSPS) is 13.9. The minimum atomic E-state index is -1.23. The van der Waals surface area contributed by atoms with Crippen LogP contribution in [0.2, 0.25) is 0 Å². The summed E-state index contributed by atoms with van der Waals surface area (Å²) < 4.78 is 1.92. The second-order valence-electron chi connectivity index (χ2n) is 7.30. The van der Waals surface area contributed by atoms with Crippen LogP contribution in [0.15, 0.2) is 29.3 Å². The lowest BCUT2D eigenvalue weighted by Gasteiger charge is -2.18. The summed E-state index contributed by atoms with van der Waals surface area (Å²) in [5, 5.41) is 9.73. The Morgan fingerprint density at radius 2 is 1.96 bits per heavy atom. The molecule has 0 atom stereocenters. The van der Waals surface area contributed by atoms with Crippen LogP contribution in [0.25, 0.3) is 22.0 Å². The maximum atomic E-state index is 12.8. The van der Waals surface area contributed by atoms with Crippen molar-refractivity contribution in [1.29, 1.82) is 0 Å². The molecule has 0 unspecified atom stereocenters. The minimum Gasteiger partial charge on any atom is -0.477 e. The molecule has 1 aromatic carbocycles. The number of carboxylic acid groups (broad SMARTS) is 1. The van der Waals surface area contributed by atoms with Gasteiger partial charge in [0.15, 0.2) is 0 Å². The van der Waals surface area contributed by atoms with Gasteiger partial charge in [0.05, 0.1) is 10.9 Å². The van der Waals surface area contributed by atoms with Crippen LogP contribution in [-0.4, -0.2) is 20.6 Å². The summed E-state index contributed by atoms with van der Waals surface area (Å²) in [4.78, 5) is 28.8. The van der Waals surface area contributed by atoms with Gasteiger partial charge >= 0.3 is 5.97 Å². The van der Waals surface area contributed by atoms with Crippen LogP contribution < -0.4 is 11.2 Å². The van der Waals surface area contributed by atoms with Gasteiger partial charge in [-0.05, 0) is 62.4 Å². The number of anilines is 1. The largest absolute Gasteiger partial charge is 0.477 e. The van der Waals surface area contributed by atoms with Gasteiger partial charge in [-0.3, -0.25) is 9.78 Å². The molecule has 0 radical (unpaired) electrons. The Balaban J connectivity index is 2.11. The lowest BCUT2D eigenvalue weighted by atomic mass is 9.95. The molecular formula is C21H21N3O3. The number of carbonyl (C=O) groups is 1. The van der Waals surface area contributed by atoms with E-state index >= 15 is 0 Å². The van der Waals surface area contributed by atoms with E-state index in [-0.39, 0.29) is 11.6 Å². The van der Waals surface area contributed by atoms with Crippen molar-refractivity contribution >= 4 is 22.6 Å². The first-order valence-electron chi connectivity index (χ1n) is 8.94. The maximum Gasteiger partial charge on any atom is 0.341 e. The van der Waals surface area contributed by atoms with E-state index in [9.17, 15) is 14.7 Å². The average molecular weight is 363 g/mol. The molecule has 3 aromatic rings. The van der Waals surface area contributed by atoms with E-state index in [1.165, 1.54) is 6.20 Å². The topological polar surface area (TPSA) is 98.2 Å². The van der Waals surface area contributed by atoms with Gasteiger partial charge in [0, 0.05) is 35.4 Å². The molecule has 1 aliphatic carbocycles. The van der Waals surface area contributed by atoms with E-state index in [4.69, 9.17) is 5.73 Å². The highest BCUT2D eigenvalue weighted by Crippen LogP contribution is 2.40. The van der Waals surface area contributed by atoms with Gasteiger partial charge in [-0.15, -0.1) is 0 Å². The zero-order valence-corrected chi connectivity index (χ0v) is 15.5. The van der Waals surface area contributed by atoms with Gasteiger partial charge in [0.1, 0.15) is 5.56 Å². The van der Waals surface area contributed by atoms with Crippen molar-refractivity contribution in [2.45, 2.75) is 39.7 Å². The highest BCUT2D eigenvalue weighted by atomic mass is 16.4. The van der Waals surface area contributed by atoms with Crippen molar-refractivity contribution in [3.8, 4) is 11.1 Å². The zero-order valence-electron chi connectivity index (χ0n) is 15.5. The van der Waals surface area contributed by atoms with Crippen LogP contribution in [0.3, 0.4) is 0 Å². The fraction of sp³-hybridized carbons (Fsp3) is 0.286. The first-order chi connectivity index (χ1) is 12.8. The van der Waals surface area contributed by atoms with E-state index in [1.807, 2.05) is 25.3 Å². The summed E-state index contributed by atoms with van der Waals surface area (Å²) in [6.45, 7) is 5.91.